The van der Waals surface area contributed by atoms with E-state index in [4.69, 9.17) is 16.6 Å². The molecule has 0 unspecified atom stereocenters. The van der Waals surface area contributed by atoms with Crippen molar-refractivity contribution in [1.82, 2.24) is 19.5 Å². The Morgan fingerprint density at radius 1 is 0.783 bits per heavy atom. The molecule has 4 heterocycles. The number of anilines is 2. The molecule has 0 aliphatic carbocycles. The molecule has 6 nitrogen and oxygen atoms in total. The zero-order valence-corrected chi connectivity index (χ0v) is 14.4. The van der Waals surface area contributed by atoms with Crippen LogP contribution in [0.2, 0.25) is 5.28 Å². The van der Waals surface area contributed by atoms with Gasteiger partial charge >= 0.3 is 0 Å². The molecular weight excluding hydrogens is 312 g/mol. The Hall–Kier alpha value is -1.56. The summed E-state index contributed by atoms with van der Waals surface area (Å²) in [6, 6.07) is 0. The quantitative estimate of drug-likeness (QED) is 0.790. The zero-order chi connectivity index (χ0) is 15.8. The SMILES string of the molecule is Cn1c(N2CCCCC2)nc2nc(Cl)nc(N3CCCCC3)c21. The van der Waals surface area contributed by atoms with E-state index in [1.165, 1.54) is 38.5 Å². The van der Waals surface area contributed by atoms with E-state index in [1.807, 2.05) is 0 Å². The molecule has 4 rings (SSSR count). The van der Waals surface area contributed by atoms with Crippen LogP contribution in [0.1, 0.15) is 38.5 Å². The van der Waals surface area contributed by atoms with E-state index in [9.17, 15) is 0 Å². The van der Waals surface area contributed by atoms with Crippen LogP contribution in [0.4, 0.5) is 11.8 Å². The van der Waals surface area contributed by atoms with Crippen LogP contribution in [0.5, 0.6) is 0 Å². The third-order valence-electron chi connectivity index (χ3n) is 4.96. The second-order valence-corrected chi connectivity index (χ2v) is 6.89. The molecule has 0 atom stereocenters. The van der Waals surface area contributed by atoms with Gasteiger partial charge in [0.05, 0.1) is 0 Å². The summed E-state index contributed by atoms with van der Waals surface area (Å²) >= 11 is 6.18. The maximum Gasteiger partial charge on any atom is 0.226 e. The molecule has 0 saturated carbocycles. The number of fused-ring (bicyclic) bond motifs is 1. The Morgan fingerprint density at radius 2 is 1.39 bits per heavy atom. The fourth-order valence-electron chi connectivity index (χ4n) is 3.76. The van der Waals surface area contributed by atoms with Crippen molar-refractivity contribution in [3.8, 4) is 0 Å². The van der Waals surface area contributed by atoms with Crippen molar-refractivity contribution in [2.75, 3.05) is 36.0 Å². The molecular formula is C16H23ClN6. The van der Waals surface area contributed by atoms with Gasteiger partial charge in [0, 0.05) is 33.2 Å². The average molecular weight is 335 g/mol. The molecule has 7 heteroatoms. The van der Waals surface area contributed by atoms with Crippen LogP contribution in [0, 0.1) is 0 Å². The minimum Gasteiger partial charge on any atom is -0.355 e. The second kappa shape index (κ2) is 6.15. The van der Waals surface area contributed by atoms with Crippen LogP contribution in [0.3, 0.4) is 0 Å². The fourth-order valence-corrected chi connectivity index (χ4v) is 3.92. The number of rotatable bonds is 2. The highest BCUT2D eigenvalue weighted by atomic mass is 35.5. The van der Waals surface area contributed by atoms with Gasteiger partial charge in [-0.2, -0.15) is 15.0 Å². The highest BCUT2D eigenvalue weighted by Crippen LogP contribution is 2.31. The Morgan fingerprint density at radius 3 is 2.04 bits per heavy atom. The van der Waals surface area contributed by atoms with Gasteiger partial charge in [-0.25, -0.2) is 0 Å². The van der Waals surface area contributed by atoms with E-state index in [1.54, 1.807) is 0 Å². The van der Waals surface area contributed by atoms with Crippen LogP contribution >= 0.6 is 11.6 Å². The highest BCUT2D eigenvalue weighted by molar-refractivity contribution is 6.28. The number of halogens is 1. The zero-order valence-electron chi connectivity index (χ0n) is 13.6. The van der Waals surface area contributed by atoms with E-state index in [0.29, 0.717) is 10.9 Å². The van der Waals surface area contributed by atoms with Gasteiger partial charge in [0.1, 0.15) is 5.52 Å². The maximum absolute atomic E-state index is 6.18. The molecule has 2 aromatic rings. The number of hydrogen-bond acceptors (Lipinski definition) is 5. The summed E-state index contributed by atoms with van der Waals surface area (Å²) in [4.78, 5) is 18.4. The monoisotopic (exact) mass is 334 g/mol. The minimum absolute atomic E-state index is 0.293. The van der Waals surface area contributed by atoms with E-state index >= 15 is 0 Å². The van der Waals surface area contributed by atoms with Crippen LogP contribution in [0.25, 0.3) is 11.2 Å². The molecule has 2 fully saturated rings. The lowest BCUT2D eigenvalue weighted by molar-refractivity contribution is 0.562. The predicted molar refractivity (Wildman–Crippen MR) is 93.4 cm³/mol. The third-order valence-corrected chi connectivity index (χ3v) is 5.12. The normalized spacial score (nSPS) is 19.6. The molecule has 2 aliphatic heterocycles. The number of piperidine rings is 2. The molecule has 0 bridgehead atoms. The lowest BCUT2D eigenvalue weighted by Crippen LogP contribution is -2.32. The fraction of sp³-hybridized carbons (Fsp3) is 0.688. The van der Waals surface area contributed by atoms with Crippen molar-refractivity contribution >= 4 is 34.5 Å². The first kappa shape index (κ1) is 15.0. The van der Waals surface area contributed by atoms with Crippen molar-refractivity contribution in [1.29, 1.82) is 0 Å². The largest absolute Gasteiger partial charge is 0.355 e. The smallest absolute Gasteiger partial charge is 0.226 e. The summed E-state index contributed by atoms with van der Waals surface area (Å²) in [5, 5.41) is 0.293. The Labute approximate surface area is 141 Å². The van der Waals surface area contributed by atoms with Crippen LogP contribution < -0.4 is 9.80 Å². The maximum atomic E-state index is 6.18. The van der Waals surface area contributed by atoms with Gasteiger partial charge in [0.15, 0.2) is 11.5 Å². The molecule has 2 aromatic heterocycles. The van der Waals surface area contributed by atoms with E-state index < -0.39 is 0 Å². The molecule has 2 saturated heterocycles. The van der Waals surface area contributed by atoms with Crippen molar-refractivity contribution in [3.05, 3.63) is 5.28 Å². The van der Waals surface area contributed by atoms with Gasteiger partial charge < -0.3 is 14.4 Å². The van der Waals surface area contributed by atoms with Gasteiger partial charge in [-0.15, -0.1) is 0 Å². The number of aryl methyl sites for hydroxylation is 1. The van der Waals surface area contributed by atoms with Crippen molar-refractivity contribution in [2.24, 2.45) is 7.05 Å². The average Bonchev–Trinajstić information content (AvgIpc) is 2.92. The minimum atomic E-state index is 0.293. The summed E-state index contributed by atoms with van der Waals surface area (Å²) in [5.74, 6) is 1.94. The van der Waals surface area contributed by atoms with Crippen LogP contribution in [0.15, 0.2) is 0 Å². The summed E-state index contributed by atoms with van der Waals surface area (Å²) in [6.07, 6.45) is 7.48. The first-order valence-corrected chi connectivity index (χ1v) is 9.02. The Kier molecular flexibility index (Phi) is 4.01. The second-order valence-electron chi connectivity index (χ2n) is 6.55. The van der Waals surface area contributed by atoms with E-state index in [2.05, 4.69) is 31.4 Å². The molecule has 0 aromatic carbocycles. The Balaban J connectivity index is 1.81. The van der Waals surface area contributed by atoms with Gasteiger partial charge in [-0.05, 0) is 50.1 Å². The number of hydrogen-bond donors (Lipinski definition) is 0. The molecule has 0 radical (unpaired) electrons. The molecule has 2 aliphatic rings. The van der Waals surface area contributed by atoms with E-state index in [-0.39, 0.29) is 0 Å². The summed E-state index contributed by atoms with van der Waals surface area (Å²) in [5.41, 5.74) is 1.73. The van der Waals surface area contributed by atoms with Gasteiger partial charge in [-0.3, -0.25) is 0 Å². The van der Waals surface area contributed by atoms with E-state index in [0.717, 1.165) is 43.5 Å². The highest BCUT2D eigenvalue weighted by Gasteiger charge is 2.24. The first-order chi connectivity index (χ1) is 11.2. The predicted octanol–water partition coefficient (Wildman–Crippen LogP) is 3.00. The molecule has 0 amide bonds. The number of imidazole rings is 1. The number of nitrogens with zero attached hydrogens (tertiary/aromatic N) is 6. The van der Waals surface area contributed by atoms with Gasteiger partial charge in [0.25, 0.3) is 0 Å². The van der Waals surface area contributed by atoms with Crippen molar-refractivity contribution < 1.29 is 0 Å². The third kappa shape index (κ3) is 2.73. The van der Waals surface area contributed by atoms with Crippen molar-refractivity contribution in [3.63, 3.8) is 0 Å². The van der Waals surface area contributed by atoms with Crippen LogP contribution in [-0.2, 0) is 7.05 Å². The summed E-state index contributed by atoms with van der Waals surface area (Å²) in [7, 11) is 2.07. The number of aromatic nitrogens is 4. The topological polar surface area (TPSA) is 50.1 Å². The molecule has 0 N–H and O–H groups in total. The Bertz CT molecular complexity index is 700. The van der Waals surface area contributed by atoms with Gasteiger partial charge in [0.2, 0.25) is 11.2 Å². The lowest BCUT2D eigenvalue weighted by atomic mass is 10.1. The molecule has 23 heavy (non-hydrogen) atoms. The lowest BCUT2D eigenvalue weighted by Gasteiger charge is -2.29. The van der Waals surface area contributed by atoms with Gasteiger partial charge in [-0.1, -0.05) is 0 Å². The van der Waals surface area contributed by atoms with Crippen molar-refractivity contribution in [2.45, 2.75) is 38.5 Å². The first-order valence-electron chi connectivity index (χ1n) is 8.64. The molecule has 0 spiro atoms. The van der Waals surface area contributed by atoms with Crippen LogP contribution in [-0.4, -0.2) is 45.7 Å². The summed E-state index contributed by atoms with van der Waals surface area (Å²) < 4.78 is 2.15. The molecule has 124 valence electrons. The summed E-state index contributed by atoms with van der Waals surface area (Å²) in [6.45, 7) is 4.20. The standard InChI is InChI=1S/C16H23ClN6/c1-21-12-13(19-16(21)23-10-6-3-7-11-23)18-15(17)20-14(12)22-8-4-2-5-9-22/h2-11H2,1H3.